The van der Waals surface area contributed by atoms with Crippen LogP contribution in [0.3, 0.4) is 0 Å². The molecule has 2 atom stereocenters. The molecule has 14 heteroatoms. The number of rotatable bonds is 12. The molecule has 0 aliphatic heterocycles. The fourth-order valence-electron chi connectivity index (χ4n) is 4.08. The van der Waals surface area contributed by atoms with Crippen LogP contribution in [0.2, 0.25) is 0 Å². The molecule has 3 aromatic rings. The maximum absolute atomic E-state index is 15.1. The highest BCUT2D eigenvalue weighted by Gasteiger charge is 2.37. The summed E-state index contributed by atoms with van der Waals surface area (Å²) in [5, 5.41) is 27.0. The van der Waals surface area contributed by atoms with Gasteiger partial charge in [0.15, 0.2) is 17.5 Å². The smallest absolute Gasteiger partial charge is 0.407 e. The van der Waals surface area contributed by atoms with Crippen molar-refractivity contribution in [2.24, 2.45) is 5.92 Å². The van der Waals surface area contributed by atoms with Gasteiger partial charge in [-0.15, -0.1) is 4.80 Å². The molecule has 0 saturated heterocycles. The molecule has 41 heavy (non-hydrogen) atoms. The number of carbonyl (C=O) groups excluding carboxylic acids is 1. The van der Waals surface area contributed by atoms with E-state index >= 15 is 4.39 Å². The molecule has 0 bridgehead atoms. The Morgan fingerprint density at radius 2 is 1.95 bits per heavy atom. The molecule has 4 rings (SSSR count). The molecule has 1 saturated carbocycles. The number of halogens is 1. The summed E-state index contributed by atoms with van der Waals surface area (Å²) in [5.41, 5.74) is 0.224. The van der Waals surface area contributed by atoms with Crippen molar-refractivity contribution < 1.29 is 23.4 Å². The Labute approximate surface area is 237 Å². The van der Waals surface area contributed by atoms with Gasteiger partial charge in [0.2, 0.25) is 5.88 Å². The highest BCUT2D eigenvalue weighted by molar-refractivity contribution is 5.69. The van der Waals surface area contributed by atoms with E-state index in [0.29, 0.717) is 18.0 Å². The minimum atomic E-state index is -0.691. The van der Waals surface area contributed by atoms with E-state index in [1.807, 2.05) is 13.0 Å². The van der Waals surface area contributed by atoms with Crippen LogP contribution in [0.1, 0.15) is 46.1 Å². The monoisotopic (exact) mass is 567 g/mol. The Morgan fingerprint density at radius 3 is 2.59 bits per heavy atom. The molecule has 3 heterocycles. The summed E-state index contributed by atoms with van der Waals surface area (Å²) in [6, 6.07) is 4.06. The number of hydrogen-bond acceptors (Lipinski definition) is 11. The number of methoxy groups -OCH3 is 1. The largest absolute Gasteiger partial charge is 0.474 e. The summed E-state index contributed by atoms with van der Waals surface area (Å²) in [6.07, 6.45) is 5.82. The SMILES string of the molecule is COCCOc1ncc(Nc2nc(NC(C3CC3)[C@H](C)NC(=O)OC(C)(C)C)c(F)cc2C#N)cc1-n1nccn1. The van der Waals surface area contributed by atoms with Crippen LogP contribution in [0.4, 0.5) is 26.5 Å². The van der Waals surface area contributed by atoms with Gasteiger partial charge in [-0.05, 0) is 58.6 Å². The van der Waals surface area contributed by atoms with Crippen LogP contribution in [-0.2, 0) is 9.47 Å². The van der Waals surface area contributed by atoms with Crippen LogP contribution in [0.15, 0.2) is 30.7 Å². The van der Waals surface area contributed by atoms with E-state index < -0.39 is 17.5 Å². The van der Waals surface area contributed by atoms with Crippen molar-refractivity contribution >= 4 is 23.4 Å². The minimum absolute atomic E-state index is 0.00450. The summed E-state index contributed by atoms with van der Waals surface area (Å²) in [5.74, 6) is -0.135. The number of pyridine rings is 2. The normalized spacial score (nSPS) is 14.5. The Hall–Kier alpha value is -4.51. The first-order valence-electron chi connectivity index (χ1n) is 13.2. The summed E-state index contributed by atoms with van der Waals surface area (Å²) in [6.45, 7) is 7.80. The standard InChI is InChI=1S/C27H34FN9O4/c1-16(33-26(38)41-27(2,3)4)22(17-6-7-17)35-24-20(28)12-18(14-29)23(36-24)34-19-13-21(37-31-8-9-32-37)25(30-15-19)40-11-10-39-5/h8-9,12-13,15-17,22H,6-7,10-11H2,1-5H3,(H,33,38)(H2,34,35,36)/t16-,22?/m0/s1. The third kappa shape index (κ3) is 8.01. The van der Waals surface area contributed by atoms with Gasteiger partial charge in [0.1, 0.15) is 24.0 Å². The van der Waals surface area contributed by atoms with Crippen molar-refractivity contribution in [2.75, 3.05) is 31.0 Å². The average molecular weight is 568 g/mol. The first-order chi connectivity index (χ1) is 19.6. The number of amides is 1. The molecule has 1 aliphatic rings. The van der Waals surface area contributed by atoms with Gasteiger partial charge in [0, 0.05) is 13.2 Å². The van der Waals surface area contributed by atoms with Crippen molar-refractivity contribution in [2.45, 2.75) is 58.2 Å². The third-order valence-corrected chi connectivity index (χ3v) is 6.07. The maximum atomic E-state index is 15.1. The van der Waals surface area contributed by atoms with E-state index in [-0.39, 0.29) is 47.7 Å². The molecule has 1 unspecified atom stereocenters. The van der Waals surface area contributed by atoms with Crippen molar-refractivity contribution in [3.63, 3.8) is 0 Å². The van der Waals surface area contributed by atoms with Crippen LogP contribution in [0.5, 0.6) is 5.88 Å². The summed E-state index contributed by atoms with van der Waals surface area (Å²) in [7, 11) is 1.57. The molecular weight excluding hydrogens is 533 g/mol. The highest BCUT2D eigenvalue weighted by Crippen LogP contribution is 2.36. The van der Waals surface area contributed by atoms with E-state index in [9.17, 15) is 10.1 Å². The number of alkyl carbamates (subject to hydrolysis) is 1. The first kappa shape index (κ1) is 29.5. The Balaban J connectivity index is 1.57. The van der Waals surface area contributed by atoms with Gasteiger partial charge in [0.25, 0.3) is 0 Å². The summed E-state index contributed by atoms with van der Waals surface area (Å²) in [4.78, 5) is 22.5. The topological polar surface area (TPSA) is 161 Å². The zero-order chi connectivity index (χ0) is 29.6. The van der Waals surface area contributed by atoms with Gasteiger partial charge in [-0.25, -0.2) is 19.2 Å². The molecule has 1 aliphatic carbocycles. The summed E-state index contributed by atoms with van der Waals surface area (Å²) >= 11 is 0. The van der Waals surface area contributed by atoms with Crippen molar-refractivity contribution in [1.82, 2.24) is 30.3 Å². The lowest BCUT2D eigenvalue weighted by atomic mass is 10.0. The second kappa shape index (κ2) is 12.8. The Morgan fingerprint density at radius 1 is 1.22 bits per heavy atom. The highest BCUT2D eigenvalue weighted by atomic mass is 19.1. The van der Waals surface area contributed by atoms with Crippen molar-refractivity contribution in [3.8, 4) is 17.6 Å². The average Bonchev–Trinajstić information content (AvgIpc) is 3.60. The third-order valence-electron chi connectivity index (χ3n) is 6.07. The number of hydrogen-bond donors (Lipinski definition) is 3. The van der Waals surface area contributed by atoms with E-state index in [0.717, 1.165) is 18.9 Å². The lowest BCUT2D eigenvalue weighted by molar-refractivity contribution is 0.0501. The summed E-state index contributed by atoms with van der Waals surface area (Å²) < 4.78 is 31.2. The molecule has 1 amide bonds. The molecule has 3 aromatic heterocycles. The quantitative estimate of drug-likeness (QED) is 0.272. The van der Waals surface area contributed by atoms with Crippen molar-refractivity contribution in [1.29, 1.82) is 5.26 Å². The lowest BCUT2D eigenvalue weighted by Crippen LogP contribution is -2.47. The zero-order valence-corrected chi connectivity index (χ0v) is 23.6. The van der Waals surface area contributed by atoms with E-state index in [1.54, 1.807) is 33.9 Å². The predicted octanol–water partition coefficient (Wildman–Crippen LogP) is 3.94. The van der Waals surface area contributed by atoms with Gasteiger partial charge < -0.3 is 30.2 Å². The molecular formula is C27H34FN9O4. The van der Waals surface area contributed by atoms with E-state index in [2.05, 4.69) is 36.1 Å². The fraction of sp³-hybridized carbons (Fsp3) is 0.481. The van der Waals surface area contributed by atoms with Crippen LogP contribution >= 0.6 is 0 Å². The number of anilines is 3. The van der Waals surface area contributed by atoms with Crippen molar-refractivity contribution in [3.05, 3.63) is 42.1 Å². The van der Waals surface area contributed by atoms with Gasteiger partial charge in [0.05, 0.1) is 42.5 Å². The van der Waals surface area contributed by atoms with Gasteiger partial charge >= 0.3 is 6.09 Å². The van der Waals surface area contributed by atoms with Crippen LogP contribution in [0, 0.1) is 23.1 Å². The van der Waals surface area contributed by atoms with Gasteiger partial charge in [-0.3, -0.25) is 0 Å². The number of nitrogens with one attached hydrogen (secondary N) is 3. The Kier molecular flexibility index (Phi) is 9.18. The van der Waals surface area contributed by atoms with E-state index in [1.165, 1.54) is 23.4 Å². The van der Waals surface area contributed by atoms with Crippen LogP contribution in [0.25, 0.3) is 5.69 Å². The number of ether oxygens (including phenoxy) is 3. The molecule has 0 aromatic carbocycles. The molecule has 218 valence electrons. The first-order valence-corrected chi connectivity index (χ1v) is 13.2. The number of aromatic nitrogens is 5. The fourth-order valence-corrected chi connectivity index (χ4v) is 4.08. The number of nitrogens with zero attached hydrogens (tertiary/aromatic N) is 6. The molecule has 0 spiro atoms. The second-order valence-corrected chi connectivity index (χ2v) is 10.6. The number of carbonyl (C=O) groups is 1. The van der Waals surface area contributed by atoms with Crippen LogP contribution < -0.4 is 20.7 Å². The second-order valence-electron chi connectivity index (χ2n) is 10.6. The minimum Gasteiger partial charge on any atom is -0.474 e. The van der Waals surface area contributed by atoms with Gasteiger partial charge in [-0.1, -0.05) is 0 Å². The molecule has 13 nitrogen and oxygen atoms in total. The van der Waals surface area contributed by atoms with Gasteiger partial charge in [-0.2, -0.15) is 15.5 Å². The molecule has 1 fully saturated rings. The van der Waals surface area contributed by atoms with E-state index in [4.69, 9.17) is 14.2 Å². The Bertz CT molecular complexity index is 1380. The zero-order valence-electron chi connectivity index (χ0n) is 23.6. The molecule has 0 radical (unpaired) electrons. The predicted molar refractivity (Wildman–Crippen MR) is 148 cm³/mol. The number of nitriles is 1. The molecule has 3 N–H and O–H groups in total. The maximum Gasteiger partial charge on any atom is 0.407 e. The van der Waals surface area contributed by atoms with Crippen LogP contribution in [-0.4, -0.2) is 69.1 Å². The lowest BCUT2D eigenvalue weighted by Gasteiger charge is -2.28.